The number of ether oxygens (including phenoxy) is 1. The summed E-state index contributed by atoms with van der Waals surface area (Å²) in [5.41, 5.74) is 7.86. The van der Waals surface area contributed by atoms with Gasteiger partial charge in [0, 0.05) is 9.50 Å². The summed E-state index contributed by atoms with van der Waals surface area (Å²) >= 11 is 9.20. The number of hydrogen-bond acceptors (Lipinski definition) is 3. The number of carbonyl (C=O) groups is 1. The number of benzene rings is 2. The third kappa shape index (κ3) is 4.37. The first kappa shape index (κ1) is 15.7. The zero-order valence-electron chi connectivity index (χ0n) is 11.3. The van der Waals surface area contributed by atoms with Crippen molar-refractivity contribution in [2.75, 3.05) is 17.7 Å². The van der Waals surface area contributed by atoms with Gasteiger partial charge in [-0.15, -0.1) is 0 Å². The molecule has 2 rings (SSSR count). The summed E-state index contributed by atoms with van der Waals surface area (Å²) in [4.78, 5) is 11.9. The normalized spacial score (nSPS) is 10.2. The fraction of sp³-hybridized carbons (Fsp3) is 0.133. The largest absolute Gasteiger partial charge is 0.484 e. The molecule has 2 aromatic carbocycles. The molecule has 0 spiro atoms. The van der Waals surface area contributed by atoms with E-state index in [4.69, 9.17) is 22.1 Å². The van der Waals surface area contributed by atoms with Gasteiger partial charge >= 0.3 is 0 Å². The Balaban J connectivity index is 1.99. The molecule has 0 bridgehead atoms. The second kappa shape index (κ2) is 6.83. The lowest BCUT2D eigenvalue weighted by atomic mass is 10.1. The molecule has 0 fully saturated rings. The summed E-state index contributed by atoms with van der Waals surface area (Å²) in [5.74, 6) is 0.255. The second-order valence-electron chi connectivity index (χ2n) is 4.48. The Labute approximate surface area is 136 Å². The molecule has 4 nitrogen and oxygen atoms in total. The molecule has 0 saturated carbocycles. The van der Waals surface area contributed by atoms with E-state index in [9.17, 15) is 4.79 Å². The predicted octanol–water partition coefficient (Wildman–Crippen LogP) is 4.01. The average Bonchev–Trinajstić information content (AvgIpc) is 2.40. The van der Waals surface area contributed by atoms with E-state index in [0.29, 0.717) is 22.1 Å². The van der Waals surface area contributed by atoms with Crippen molar-refractivity contribution >= 4 is 44.8 Å². The van der Waals surface area contributed by atoms with Crippen molar-refractivity contribution in [3.8, 4) is 5.75 Å². The summed E-state index contributed by atoms with van der Waals surface area (Å²) in [6, 6.07) is 10.5. The molecule has 21 heavy (non-hydrogen) atoms. The maximum atomic E-state index is 11.9. The average molecular weight is 370 g/mol. The van der Waals surface area contributed by atoms with Crippen LogP contribution in [0.1, 0.15) is 5.56 Å². The van der Waals surface area contributed by atoms with Gasteiger partial charge in [0.2, 0.25) is 0 Å². The zero-order valence-corrected chi connectivity index (χ0v) is 13.7. The maximum absolute atomic E-state index is 11.9. The first-order chi connectivity index (χ1) is 9.95. The molecule has 0 aliphatic rings. The Bertz CT molecular complexity index is 653. The van der Waals surface area contributed by atoms with Crippen LogP contribution >= 0.6 is 27.5 Å². The number of hydrogen-bond donors (Lipinski definition) is 2. The van der Waals surface area contributed by atoms with E-state index >= 15 is 0 Å². The van der Waals surface area contributed by atoms with Crippen LogP contribution in [-0.2, 0) is 4.79 Å². The van der Waals surface area contributed by atoms with Crippen molar-refractivity contribution in [1.82, 2.24) is 0 Å². The standard InChI is InChI=1S/C15H14BrClN2O2/c1-9-5-10(16)6-13(18)15(9)19-14(20)8-21-12-4-2-3-11(17)7-12/h2-7H,8,18H2,1H3,(H,19,20). The molecule has 3 N–H and O–H groups in total. The predicted molar refractivity (Wildman–Crippen MR) is 88.9 cm³/mol. The van der Waals surface area contributed by atoms with Crippen LogP contribution in [0.2, 0.25) is 5.02 Å². The fourth-order valence-corrected chi connectivity index (χ4v) is 2.59. The summed E-state index contributed by atoms with van der Waals surface area (Å²) in [6.07, 6.45) is 0. The summed E-state index contributed by atoms with van der Waals surface area (Å²) in [6.45, 7) is 1.75. The van der Waals surface area contributed by atoms with Crippen LogP contribution in [0, 0.1) is 6.92 Å². The molecule has 0 atom stereocenters. The monoisotopic (exact) mass is 368 g/mol. The highest BCUT2D eigenvalue weighted by atomic mass is 79.9. The van der Waals surface area contributed by atoms with Crippen LogP contribution in [0.5, 0.6) is 5.75 Å². The van der Waals surface area contributed by atoms with Crippen LogP contribution in [0.3, 0.4) is 0 Å². The van der Waals surface area contributed by atoms with Gasteiger partial charge in [0.1, 0.15) is 5.75 Å². The minimum atomic E-state index is -0.285. The van der Waals surface area contributed by atoms with Crippen molar-refractivity contribution < 1.29 is 9.53 Å². The van der Waals surface area contributed by atoms with Gasteiger partial charge in [0.15, 0.2) is 6.61 Å². The lowest BCUT2D eigenvalue weighted by Crippen LogP contribution is -2.21. The highest BCUT2D eigenvalue weighted by Crippen LogP contribution is 2.27. The number of rotatable bonds is 4. The Morgan fingerprint density at radius 2 is 2.14 bits per heavy atom. The highest BCUT2D eigenvalue weighted by Gasteiger charge is 2.10. The van der Waals surface area contributed by atoms with Crippen molar-refractivity contribution in [3.63, 3.8) is 0 Å². The van der Waals surface area contributed by atoms with E-state index in [-0.39, 0.29) is 12.5 Å². The third-order valence-electron chi connectivity index (χ3n) is 2.76. The molecule has 0 unspecified atom stereocenters. The van der Waals surface area contributed by atoms with Crippen molar-refractivity contribution in [2.45, 2.75) is 6.92 Å². The van der Waals surface area contributed by atoms with Crippen LogP contribution < -0.4 is 15.8 Å². The molecule has 110 valence electrons. The molecule has 0 aliphatic heterocycles. The minimum Gasteiger partial charge on any atom is -0.484 e. The Morgan fingerprint density at radius 1 is 1.38 bits per heavy atom. The van der Waals surface area contributed by atoms with Gasteiger partial charge in [0.25, 0.3) is 5.91 Å². The van der Waals surface area contributed by atoms with Gasteiger partial charge in [-0.05, 0) is 42.8 Å². The SMILES string of the molecule is Cc1cc(Br)cc(N)c1NC(=O)COc1cccc(Cl)c1. The van der Waals surface area contributed by atoms with Gasteiger partial charge < -0.3 is 15.8 Å². The van der Waals surface area contributed by atoms with Crippen LogP contribution in [-0.4, -0.2) is 12.5 Å². The summed E-state index contributed by atoms with van der Waals surface area (Å²) in [7, 11) is 0. The van der Waals surface area contributed by atoms with E-state index < -0.39 is 0 Å². The lowest BCUT2D eigenvalue weighted by molar-refractivity contribution is -0.118. The zero-order chi connectivity index (χ0) is 15.4. The third-order valence-corrected chi connectivity index (χ3v) is 3.45. The molecule has 0 saturated heterocycles. The van der Waals surface area contributed by atoms with Crippen LogP contribution in [0.15, 0.2) is 40.9 Å². The van der Waals surface area contributed by atoms with E-state index in [2.05, 4.69) is 21.2 Å². The molecule has 0 aliphatic carbocycles. The van der Waals surface area contributed by atoms with E-state index in [0.717, 1.165) is 10.0 Å². The number of nitrogen functional groups attached to an aromatic ring is 1. The molecule has 0 aromatic heterocycles. The first-order valence-electron chi connectivity index (χ1n) is 6.19. The maximum Gasteiger partial charge on any atom is 0.262 e. The van der Waals surface area contributed by atoms with E-state index in [1.165, 1.54) is 0 Å². The van der Waals surface area contributed by atoms with E-state index in [1.54, 1.807) is 30.3 Å². The Hall–Kier alpha value is -1.72. The molecule has 0 radical (unpaired) electrons. The van der Waals surface area contributed by atoms with Crippen LogP contribution in [0.4, 0.5) is 11.4 Å². The van der Waals surface area contributed by atoms with Gasteiger partial charge in [-0.25, -0.2) is 0 Å². The fourth-order valence-electron chi connectivity index (χ4n) is 1.82. The first-order valence-corrected chi connectivity index (χ1v) is 7.36. The summed E-state index contributed by atoms with van der Waals surface area (Å²) in [5, 5.41) is 3.30. The van der Waals surface area contributed by atoms with Gasteiger partial charge in [-0.3, -0.25) is 4.79 Å². The summed E-state index contributed by atoms with van der Waals surface area (Å²) < 4.78 is 6.24. The van der Waals surface area contributed by atoms with Crippen molar-refractivity contribution in [3.05, 3.63) is 51.5 Å². The number of amides is 1. The molecular formula is C15H14BrClN2O2. The van der Waals surface area contributed by atoms with Crippen molar-refractivity contribution in [1.29, 1.82) is 0 Å². The smallest absolute Gasteiger partial charge is 0.262 e. The quantitative estimate of drug-likeness (QED) is 0.800. The Kier molecular flexibility index (Phi) is 5.09. The Morgan fingerprint density at radius 3 is 2.81 bits per heavy atom. The number of nitrogens with two attached hydrogens (primary N) is 1. The van der Waals surface area contributed by atoms with Gasteiger partial charge in [0.05, 0.1) is 11.4 Å². The molecular weight excluding hydrogens is 356 g/mol. The van der Waals surface area contributed by atoms with Gasteiger partial charge in [-0.2, -0.15) is 0 Å². The lowest BCUT2D eigenvalue weighted by Gasteiger charge is -2.12. The van der Waals surface area contributed by atoms with E-state index in [1.807, 2.05) is 13.0 Å². The highest BCUT2D eigenvalue weighted by molar-refractivity contribution is 9.10. The number of aryl methyl sites for hydroxylation is 1. The number of carbonyl (C=O) groups excluding carboxylic acids is 1. The molecule has 6 heteroatoms. The topological polar surface area (TPSA) is 64.3 Å². The second-order valence-corrected chi connectivity index (χ2v) is 5.83. The van der Waals surface area contributed by atoms with Crippen molar-refractivity contribution in [2.24, 2.45) is 0 Å². The number of anilines is 2. The van der Waals surface area contributed by atoms with Crippen LogP contribution in [0.25, 0.3) is 0 Å². The number of halogens is 2. The molecule has 1 amide bonds. The van der Waals surface area contributed by atoms with Gasteiger partial charge in [-0.1, -0.05) is 33.6 Å². The minimum absolute atomic E-state index is 0.116. The molecule has 0 heterocycles. The number of nitrogens with one attached hydrogen (secondary N) is 1. The molecule has 2 aromatic rings.